The molecule has 0 atom stereocenters. The summed E-state index contributed by atoms with van der Waals surface area (Å²) in [7, 11) is 4.11. The van der Waals surface area contributed by atoms with Crippen LogP contribution in [0.3, 0.4) is 0 Å². The summed E-state index contributed by atoms with van der Waals surface area (Å²) in [5.41, 5.74) is 1.74. The quantitative estimate of drug-likeness (QED) is 0.686. The highest BCUT2D eigenvalue weighted by Crippen LogP contribution is 2.40. The SMILES string of the molecule is CN(C)CCCNc1nc(Nc2ccc(F)c(Cl)c2)cc(C2CC2)n1. The Morgan fingerprint density at radius 2 is 2.04 bits per heavy atom. The fraction of sp³-hybridized carbons (Fsp3) is 0.444. The molecule has 7 heteroatoms. The molecule has 1 fully saturated rings. The molecule has 2 N–H and O–H groups in total. The summed E-state index contributed by atoms with van der Waals surface area (Å²) < 4.78 is 13.3. The molecule has 3 rings (SSSR count). The van der Waals surface area contributed by atoms with Crippen molar-refractivity contribution >= 4 is 29.1 Å². The van der Waals surface area contributed by atoms with Crippen molar-refractivity contribution in [1.82, 2.24) is 14.9 Å². The summed E-state index contributed by atoms with van der Waals surface area (Å²) in [4.78, 5) is 11.3. The number of anilines is 3. The molecule has 1 aromatic carbocycles. The van der Waals surface area contributed by atoms with Gasteiger partial charge in [-0.05, 0) is 58.1 Å². The van der Waals surface area contributed by atoms with Gasteiger partial charge in [0.05, 0.1) is 10.7 Å². The van der Waals surface area contributed by atoms with Crippen LogP contribution in [-0.2, 0) is 0 Å². The maximum atomic E-state index is 13.3. The molecule has 2 aromatic rings. The lowest BCUT2D eigenvalue weighted by Gasteiger charge is -2.12. The predicted molar refractivity (Wildman–Crippen MR) is 100 cm³/mol. The van der Waals surface area contributed by atoms with Crippen molar-refractivity contribution in [3.8, 4) is 0 Å². The van der Waals surface area contributed by atoms with E-state index in [1.54, 1.807) is 12.1 Å². The van der Waals surface area contributed by atoms with E-state index >= 15 is 0 Å². The van der Waals surface area contributed by atoms with Gasteiger partial charge in [0, 0.05) is 24.2 Å². The van der Waals surface area contributed by atoms with Crippen LogP contribution in [0.1, 0.15) is 30.9 Å². The third-order valence-electron chi connectivity index (χ3n) is 4.00. The maximum absolute atomic E-state index is 13.3. The summed E-state index contributed by atoms with van der Waals surface area (Å²) in [5.74, 6) is 1.40. The van der Waals surface area contributed by atoms with Crippen LogP contribution in [0.5, 0.6) is 0 Å². The highest BCUT2D eigenvalue weighted by Gasteiger charge is 2.26. The van der Waals surface area contributed by atoms with E-state index in [4.69, 9.17) is 11.6 Å². The molecule has 5 nitrogen and oxygen atoms in total. The van der Waals surface area contributed by atoms with Gasteiger partial charge in [0.2, 0.25) is 5.95 Å². The second-order valence-electron chi connectivity index (χ2n) is 6.61. The second-order valence-corrected chi connectivity index (χ2v) is 7.02. The number of aromatic nitrogens is 2. The van der Waals surface area contributed by atoms with Gasteiger partial charge < -0.3 is 15.5 Å². The van der Waals surface area contributed by atoms with Crippen LogP contribution in [-0.4, -0.2) is 42.1 Å². The van der Waals surface area contributed by atoms with E-state index in [-0.39, 0.29) is 5.02 Å². The van der Waals surface area contributed by atoms with Crippen molar-refractivity contribution in [3.63, 3.8) is 0 Å². The molecule has 1 aromatic heterocycles. The largest absolute Gasteiger partial charge is 0.354 e. The number of hydrogen-bond donors (Lipinski definition) is 2. The Bertz CT molecular complexity index is 733. The zero-order valence-corrected chi connectivity index (χ0v) is 15.3. The molecular formula is C18H23ClFN5. The van der Waals surface area contributed by atoms with Gasteiger partial charge in [-0.1, -0.05) is 11.6 Å². The Kier molecular flexibility index (Phi) is 5.71. The van der Waals surface area contributed by atoms with Crippen LogP contribution in [0.4, 0.5) is 21.8 Å². The first kappa shape index (κ1) is 17.9. The van der Waals surface area contributed by atoms with E-state index in [9.17, 15) is 4.39 Å². The van der Waals surface area contributed by atoms with Crippen molar-refractivity contribution in [3.05, 3.63) is 40.8 Å². The molecule has 0 bridgehead atoms. The Morgan fingerprint density at radius 3 is 2.72 bits per heavy atom. The standard InChI is InChI=1S/C18H23ClFN5/c1-25(2)9-3-8-21-18-23-16(12-4-5-12)11-17(24-18)22-13-6-7-15(20)14(19)10-13/h6-7,10-12H,3-5,8-9H2,1-2H3,(H2,21,22,23,24). The molecule has 25 heavy (non-hydrogen) atoms. The van der Waals surface area contributed by atoms with Gasteiger partial charge in [-0.2, -0.15) is 4.98 Å². The first-order valence-corrected chi connectivity index (χ1v) is 8.89. The lowest BCUT2D eigenvalue weighted by molar-refractivity contribution is 0.405. The molecular weight excluding hydrogens is 341 g/mol. The van der Waals surface area contributed by atoms with Crippen molar-refractivity contribution in [2.75, 3.05) is 37.8 Å². The Hall–Kier alpha value is -1.92. The fourth-order valence-corrected chi connectivity index (χ4v) is 2.70. The van der Waals surface area contributed by atoms with E-state index in [0.29, 0.717) is 23.4 Å². The third kappa shape index (κ3) is 5.28. The fourth-order valence-electron chi connectivity index (χ4n) is 2.51. The average Bonchev–Trinajstić information content (AvgIpc) is 3.40. The van der Waals surface area contributed by atoms with Gasteiger partial charge in [0.1, 0.15) is 11.6 Å². The monoisotopic (exact) mass is 363 g/mol. The zero-order chi connectivity index (χ0) is 17.8. The maximum Gasteiger partial charge on any atom is 0.224 e. The number of nitrogens with one attached hydrogen (secondary N) is 2. The van der Waals surface area contributed by atoms with Gasteiger partial charge in [0.25, 0.3) is 0 Å². The summed E-state index contributed by atoms with van der Waals surface area (Å²) in [5, 5.41) is 6.57. The first-order chi connectivity index (χ1) is 12.0. The van der Waals surface area contributed by atoms with Crippen LogP contribution in [0, 0.1) is 5.82 Å². The van der Waals surface area contributed by atoms with Gasteiger partial charge in [-0.3, -0.25) is 0 Å². The molecule has 1 aliphatic carbocycles. The smallest absolute Gasteiger partial charge is 0.224 e. The lowest BCUT2D eigenvalue weighted by atomic mass is 10.2. The molecule has 1 aliphatic rings. The predicted octanol–water partition coefficient (Wildman–Crippen LogP) is 4.25. The minimum absolute atomic E-state index is 0.0866. The molecule has 1 saturated carbocycles. The summed E-state index contributed by atoms with van der Waals surface area (Å²) in [6.07, 6.45) is 3.35. The molecule has 0 unspecified atom stereocenters. The van der Waals surface area contributed by atoms with Crippen LogP contribution in [0.15, 0.2) is 24.3 Å². The normalized spacial score (nSPS) is 14.0. The number of nitrogens with zero attached hydrogens (tertiary/aromatic N) is 3. The Labute approximate surface area is 152 Å². The summed E-state index contributed by atoms with van der Waals surface area (Å²) >= 11 is 5.85. The van der Waals surface area contributed by atoms with Crippen molar-refractivity contribution < 1.29 is 4.39 Å². The molecule has 134 valence electrons. The van der Waals surface area contributed by atoms with Gasteiger partial charge in [-0.15, -0.1) is 0 Å². The van der Waals surface area contributed by atoms with Crippen molar-refractivity contribution in [1.29, 1.82) is 0 Å². The van der Waals surface area contributed by atoms with Crippen molar-refractivity contribution in [2.24, 2.45) is 0 Å². The van der Waals surface area contributed by atoms with Gasteiger partial charge >= 0.3 is 0 Å². The summed E-state index contributed by atoms with van der Waals surface area (Å²) in [6, 6.07) is 6.50. The highest BCUT2D eigenvalue weighted by atomic mass is 35.5. The third-order valence-corrected chi connectivity index (χ3v) is 4.29. The minimum Gasteiger partial charge on any atom is -0.354 e. The van der Waals surface area contributed by atoms with Crippen LogP contribution < -0.4 is 10.6 Å². The van der Waals surface area contributed by atoms with Gasteiger partial charge in [-0.25, -0.2) is 9.37 Å². The van der Waals surface area contributed by atoms with Crippen LogP contribution in [0.25, 0.3) is 0 Å². The molecule has 0 amide bonds. The molecule has 0 aliphatic heterocycles. The van der Waals surface area contributed by atoms with E-state index in [2.05, 4.69) is 39.6 Å². The highest BCUT2D eigenvalue weighted by molar-refractivity contribution is 6.31. The zero-order valence-electron chi connectivity index (χ0n) is 14.5. The number of benzene rings is 1. The van der Waals surface area contributed by atoms with Crippen LogP contribution in [0.2, 0.25) is 5.02 Å². The Balaban J connectivity index is 1.72. The topological polar surface area (TPSA) is 53.1 Å². The Morgan fingerprint density at radius 1 is 1.24 bits per heavy atom. The minimum atomic E-state index is -0.433. The molecule has 0 radical (unpaired) electrons. The van der Waals surface area contributed by atoms with Crippen molar-refractivity contribution in [2.45, 2.75) is 25.2 Å². The lowest BCUT2D eigenvalue weighted by Crippen LogP contribution is -2.17. The van der Waals surface area contributed by atoms with E-state index in [0.717, 1.165) is 25.2 Å². The van der Waals surface area contributed by atoms with E-state index in [1.807, 2.05) is 6.07 Å². The number of hydrogen-bond acceptors (Lipinski definition) is 5. The van der Waals surface area contributed by atoms with Gasteiger partial charge in [0.15, 0.2) is 0 Å². The molecule has 1 heterocycles. The first-order valence-electron chi connectivity index (χ1n) is 8.51. The molecule has 0 spiro atoms. The van der Waals surface area contributed by atoms with Crippen LogP contribution >= 0.6 is 11.6 Å². The average molecular weight is 364 g/mol. The number of halogens is 2. The van der Waals surface area contributed by atoms with E-state index < -0.39 is 5.82 Å². The number of rotatable bonds is 8. The second kappa shape index (κ2) is 7.97. The summed E-state index contributed by atoms with van der Waals surface area (Å²) in [6.45, 7) is 1.82. The van der Waals surface area contributed by atoms with E-state index in [1.165, 1.54) is 18.9 Å². The molecule has 0 saturated heterocycles.